The molecule has 1 aromatic carbocycles. The molecule has 0 radical (unpaired) electrons. The number of aryl methyl sites for hydroxylation is 2. The van der Waals surface area contributed by atoms with Crippen molar-refractivity contribution in [2.24, 2.45) is 0 Å². The zero-order chi connectivity index (χ0) is 22.1. The molecule has 0 saturated carbocycles. The number of ketones is 1. The summed E-state index contributed by atoms with van der Waals surface area (Å²) in [5.41, 5.74) is 3.58. The van der Waals surface area contributed by atoms with Gasteiger partial charge in [-0.05, 0) is 56.0 Å². The van der Waals surface area contributed by atoms with Gasteiger partial charge in [0.15, 0.2) is 17.3 Å². The average Bonchev–Trinajstić information content (AvgIpc) is 3.58. The number of benzene rings is 1. The monoisotopic (exact) mass is 467 g/mol. The fourth-order valence-electron chi connectivity index (χ4n) is 3.72. The molecule has 0 bridgehead atoms. The van der Waals surface area contributed by atoms with Gasteiger partial charge in [0.25, 0.3) is 5.22 Å². The minimum absolute atomic E-state index is 0.0494. The van der Waals surface area contributed by atoms with Crippen LogP contribution in [0.4, 0.5) is 0 Å². The Labute approximate surface area is 193 Å². The van der Waals surface area contributed by atoms with Crippen molar-refractivity contribution in [3.05, 3.63) is 63.6 Å². The molecule has 0 fully saturated rings. The third-order valence-electron chi connectivity index (χ3n) is 5.39. The first-order valence-electron chi connectivity index (χ1n) is 10.2. The van der Waals surface area contributed by atoms with Crippen LogP contribution < -0.4 is 9.47 Å². The second-order valence-corrected chi connectivity index (χ2v) is 9.38. The van der Waals surface area contributed by atoms with Crippen LogP contribution in [0, 0.1) is 13.8 Å². The molecule has 1 aliphatic rings. The van der Waals surface area contributed by atoms with Crippen molar-refractivity contribution in [2.75, 3.05) is 12.5 Å². The highest BCUT2D eigenvalue weighted by Gasteiger charge is 2.19. The number of thioether (sulfide) groups is 1. The molecule has 1 aliphatic heterocycles. The van der Waals surface area contributed by atoms with Crippen LogP contribution in [0.25, 0.3) is 11.5 Å². The summed E-state index contributed by atoms with van der Waals surface area (Å²) in [5, 5.41) is 10.6. The van der Waals surface area contributed by atoms with Crippen molar-refractivity contribution in [3.63, 3.8) is 0 Å². The fourth-order valence-corrected chi connectivity index (χ4v) is 5.07. The summed E-state index contributed by atoms with van der Waals surface area (Å²) in [4.78, 5) is 14.2. The van der Waals surface area contributed by atoms with Crippen LogP contribution in [-0.2, 0) is 13.0 Å². The number of hydrogen-bond donors (Lipinski definition) is 0. The number of carbonyl (C=O) groups excluding carboxylic acids is 1. The molecular weight excluding hydrogens is 446 g/mol. The highest BCUT2D eigenvalue weighted by atomic mass is 32.2. The highest BCUT2D eigenvalue weighted by molar-refractivity contribution is 7.99. The largest absolute Gasteiger partial charge is 0.454 e. The van der Waals surface area contributed by atoms with E-state index in [9.17, 15) is 4.79 Å². The number of ether oxygens (including phenoxy) is 2. The maximum atomic E-state index is 12.9. The van der Waals surface area contributed by atoms with E-state index in [-0.39, 0.29) is 18.3 Å². The lowest BCUT2D eigenvalue weighted by molar-refractivity contribution is 0.102. The van der Waals surface area contributed by atoms with Gasteiger partial charge in [-0.2, -0.15) is 0 Å². The zero-order valence-corrected chi connectivity index (χ0v) is 19.3. The number of thiophene rings is 1. The number of fused-ring (bicyclic) bond motifs is 1. The van der Waals surface area contributed by atoms with Crippen molar-refractivity contribution in [2.45, 2.75) is 32.0 Å². The molecule has 0 spiro atoms. The molecule has 3 aromatic heterocycles. The Kier molecular flexibility index (Phi) is 5.75. The predicted molar refractivity (Wildman–Crippen MR) is 123 cm³/mol. The van der Waals surface area contributed by atoms with E-state index >= 15 is 0 Å². The molecule has 0 saturated heterocycles. The molecule has 0 aliphatic carbocycles. The third-order valence-corrected chi connectivity index (χ3v) is 7.14. The van der Waals surface area contributed by atoms with Crippen molar-refractivity contribution in [1.82, 2.24) is 14.8 Å². The lowest BCUT2D eigenvalue weighted by atomic mass is 10.2. The second-order valence-electron chi connectivity index (χ2n) is 7.42. The summed E-state index contributed by atoms with van der Waals surface area (Å²) in [6.45, 7) is 5.12. The van der Waals surface area contributed by atoms with Gasteiger partial charge in [-0.1, -0.05) is 17.8 Å². The third kappa shape index (κ3) is 4.18. The predicted octanol–water partition coefficient (Wildman–Crippen LogP) is 5.16. The van der Waals surface area contributed by atoms with Crippen LogP contribution in [0.5, 0.6) is 11.5 Å². The van der Waals surface area contributed by atoms with Crippen molar-refractivity contribution >= 4 is 28.9 Å². The summed E-state index contributed by atoms with van der Waals surface area (Å²) in [6, 6.07) is 11.6. The molecule has 0 N–H and O–H groups in total. The first-order valence-corrected chi connectivity index (χ1v) is 12.0. The Bertz CT molecular complexity index is 1260. The topological polar surface area (TPSA) is 79.4 Å². The van der Waals surface area contributed by atoms with Crippen molar-refractivity contribution in [3.8, 4) is 23.0 Å². The van der Waals surface area contributed by atoms with Gasteiger partial charge >= 0.3 is 0 Å². The molecule has 0 amide bonds. The van der Waals surface area contributed by atoms with E-state index in [0.29, 0.717) is 22.6 Å². The molecule has 164 valence electrons. The quantitative estimate of drug-likeness (QED) is 0.261. The van der Waals surface area contributed by atoms with Gasteiger partial charge in [0.2, 0.25) is 12.7 Å². The molecule has 0 atom stereocenters. The Balaban J connectivity index is 1.23. The van der Waals surface area contributed by atoms with Gasteiger partial charge in [0.1, 0.15) is 0 Å². The molecule has 9 heteroatoms. The van der Waals surface area contributed by atoms with E-state index in [1.807, 2.05) is 32.0 Å². The van der Waals surface area contributed by atoms with E-state index in [2.05, 4.69) is 32.3 Å². The van der Waals surface area contributed by atoms with Crippen LogP contribution in [0.15, 0.2) is 51.4 Å². The Morgan fingerprint density at radius 1 is 1.16 bits per heavy atom. The van der Waals surface area contributed by atoms with Crippen LogP contribution in [-0.4, -0.2) is 33.1 Å². The van der Waals surface area contributed by atoms with E-state index in [4.69, 9.17) is 13.9 Å². The summed E-state index contributed by atoms with van der Waals surface area (Å²) >= 11 is 3.00. The number of carbonyl (C=O) groups is 1. The number of Topliss-reactive ketones (excluding diaryl/α,β-unsaturated/α-hetero) is 1. The second kappa shape index (κ2) is 8.84. The van der Waals surface area contributed by atoms with Gasteiger partial charge in [-0.3, -0.25) is 4.79 Å². The summed E-state index contributed by atoms with van der Waals surface area (Å²) < 4.78 is 18.7. The standard InChI is InChI=1S/C23H21N3O4S2/c1-14-10-18(15(2)26(14)8-7-17-4-3-9-31-17)19(27)12-32-23-25-24-22(30-23)16-5-6-20-21(11-16)29-13-28-20/h3-6,9-11H,7-8,12-13H2,1-2H3. The minimum atomic E-state index is 0.0494. The van der Waals surface area contributed by atoms with Crippen LogP contribution in [0.3, 0.4) is 0 Å². The summed E-state index contributed by atoms with van der Waals surface area (Å²) in [7, 11) is 0. The molecule has 32 heavy (non-hydrogen) atoms. The van der Waals surface area contributed by atoms with E-state index < -0.39 is 0 Å². The normalized spacial score (nSPS) is 12.4. The van der Waals surface area contributed by atoms with Crippen molar-refractivity contribution < 1.29 is 18.7 Å². The molecule has 4 heterocycles. The highest BCUT2D eigenvalue weighted by Crippen LogP contribution is 2.36. The smallest absolute Gasteiger partial charge is 0.277 e. The van der Waals surface area contributed by atoms with E-state index in [1.165, 1.54) is 16.6 Å². The Morgan fingerprint density at radius 3 is 2.88 bits per heavy atom. The average molecular weight is 468 g/mol. The zero-order valence-electron chi connectivity index (χ0n) is 17.7. The van der Waals surface area contributed by atoms with Crippen LogP contribution >= 0.6 is 23.1 Å². The lowest BCUT2D eigenvalue weighted by Gasteiger charge is -2.09. The molecule has 0 unspecified atom stereocenters. The summed E-state index contributed by atoms with van der Waals surface area (Å²) in [5.74, 6) is 2.01. The van der Waals surface area contributed by atoms with Crippen LogP contribution in [0.1, 0.15) is 26.6 Å². The number of rotatable bonds is 8. The van der Waals surface area contributed by atoms with Gasteiger partial charge in [-0.25, -0.2) is 0 Å². The maximum Gasteiger partial charge on any atom is 0.277 e. The number of nitrogens with zero attached hydrogens (tertiary/aromatic N) is 3. The SMILES string of the molecule is Cc1cc(C(=O)CSc2nnc(-c3ccc4c(c3)OCO4)o2)c(C)n1CCc1cccs1. The maximum absolute atomic E-state index is 12.9. The van der Waals surface area contributed by atoms with Gasteiger partial charge in [0, 0.05) is 33.9 Å². The number of aromatic nitrogens is 3. The minimum Gasteiger partial charge on any atom is -0.454 e. The van der Waals surface area contributed by atoms with Gasteiger partial charge in [0.05, 0.1) is 5.75 Å². The van der Waals surface area contributed by atoms with Gasteiger partial charge < -0.3 is 18.5 Å². The van der Waals surface area contributed by atoms with Crippen molar-refractivity contribution in [1.29, 1.82) is 0 Å². The first kappa shape index (κ1) is 20.8. The van der Waals surface area contributed by atoms with E-state index in [0.717, 1.165) is 35.5 Å². The Hall–Kier alpha value is -3.04. The van der Waals surface area contributed by atoms with E-state index in [1.54, 1.807) is 17.4 Å². The molecule has 4 aromatic rings. The number of hydrogen-bond acceptors (Lipinski definition) is 8. The fraction of sp³-hybridized carbons (Fsp3) is 0.261. The summed E-state index contributed by atoms with van der Waals surface area (Å²) in [6.07, 6.45) is 0.959. The lowest BCUT2D eigenvalue weighted by Crippen LogP contribution is -2.08. The first-order chi connectivity index (χ1) is 15.6. The molecule has 5 rings (SSSR count). The molecular formula is C23H21N3O4S2. The van der Waals surface area contributed by atoms with Gasteiger partial charge in [-0.15, -0.1) is 21.5 Å². The van der Waals surface area contributed by atoms with Crippen LogP contribution in [0.2, 0.25) is 0 Å². The Morgan fingerprint density at radius 2 is 2.03 bits per heavy atom. The molecule has 7 nitrogen and oxygen atoms in total.